The van der Waals surface area contributed by atoms with Gasteiger partial charge in [-0.2, -0.15) is 0 Å². The molecule has 2 heteroatoms. The van der Waals surface area contributed by atoms with Crippen LogP contribution in [0.5, 0.6) is 0 Å². The Morgan fingerprint density at radius 1 is 1.08 bits per heavy atom. The van der Waals surface area contributed by atoms with Gasteiger partial charge in [-0.3, -0.25) is 0 Å². The molecule has 0 fully saturated rings. The number of hydrogen-bond donors (Lipinski definition) is 2. The molecular formula is C10H9N2. The highest BCUT2D eigenvalue weighted by Gasteiger charge is 1.99. The molecule has 2 rings (SSSR count). The molecule has 1 radical (unpaired) electrons. The summed E-state index contributed by atoms with van der Waals surface area (Å²) in [6, 6.07) is 12.4. The van der Waals surface area contributed by atoms with Crippen molar-refractivity contribution in [3.05, 3.63) is 36.4 Å². The van der Waals surface area contributed by atoms with Crippen molar-refractivity contribution in [2.75, 3.05) is 11.5 Å². The van der Waals surface area contributed by atoms with Gasteiger partial charge in [0.05, 0.1) is 0 Å². The monoisotopic (exact) mass is 157 g/mol. The van der Waals surface area contributed by atoms with Gasteiger partial charge in [0.25, 0.3) is 0 Å². The summed E-state index contributed by atoms with van der Waals surface area (Å²) in [7, 11) is 0. The number of nitrogens with two attached hydrogens (primary N) is 2. The van der Waals surface area contributed by atoms with Gasteiger partial charge in [-0.1, -0.05) is 24.3 Å². The summed E-state index contributed by atoms with van der Waals surface area (Å²) in [4.78, 5) is 0. The molecule has 0 aliphatic heterocycles. The van der Waals surface area contributed by atoms with E-state index in [4.69, 9.17) is 11.5 Å². The molecule has 0 unspecified atom stereocenters. The summed E-state index contributed by atoms with van der Waals surface area (Å²) in [6.07, 6.45) is 0. The number of nitrogen functional groups attached to an aromatic ring is 2. The van der Waals surface area contributed by atoms with E-state index in [0.29, 0.717) is 11.4 Å². The van der Waals surface area contributed by atoms with Gasteiger partial charge in [-0.25, -0.2) is 0 Å². The minimum atomic E-state index is 0.616. The molecule has 2 aromatic rings. The van der Waals surface area contributed by atoms with Crippen LogP contribution in [0.2, 0.25) is 0 Å². The van der Waals surface area contributed by atoms with E-state index in [2.05, 4.69) is 6.07 Å². The lowest BCUT2D eigenvalue weighted by Gasteiger charge is -2.03. The van der Waals surface area contributed by atoms with Crippen molar-refractivity contribution in [3.63, 3.8) is 0 Å². The normalized spacial score (nSPS) is 10.3. The highest BCUT2D eigenvalue weighted by atomic mass is 14.6. The lowest BCUT2D eigenvalue weighted by Crippen LogP contribution is -1.92. The van der Waals surface area contributed by atoms with Crippen molar-refractivity contribution in [2.24, 2.45) is 0 Å². The predicted octanol–water partition coefficient (Wildman–Crippen LogP) is 1.80. The molecule has 0 heterocycles. The van der Waals surface area contributed by atoms with E-state index in [-0.39, 0.29) is 0 Å². The molecule has 4 N–H and O–H groups in total. The standard InChI is InChI=1S/C10H9N2/c11-8-5-1-3-7-4-2-6-9(12)10(7)8/h1-5H,11-12H2. The number of benzene rings is 2. The molecule has 2 aromatic carbocycles. The zero-order valence-corrected chi connectivity index (χ0v) is 6.54. The summed E-state index contributed by atoms with van der Waals surface area (Å²) in [5.74, 6) is 0. The molecule has 12 heavy (non-hydrogen) atoms. The van der Waals surface area contributed by atoms with Gasteiger partial charge in [-0.05, 0) is 11.5 Å². The van der Waals surface area contributed by atoms with Crippen LogP contribution in [0, 0.1) is 6.07 Å². The van der Waals surface area contributed by atoms with Crippen LogP contribution in [-0.4, -0.2) is 0 Å². The lowest BCUT2D eigenvalue weighted by molar-refractivity contribution is 1.70. The maximum Gasteiger partial charge on any atom is 0.0495 e. The third-order valence-electron chi connectivity index (χ3n) is 1.90. The Bertz CT molecular complexity index is 384. The second-order valence-corrected chi connectivity index (χ2v) is 2.70. The highest BCUT2D eigenvalue weighted by molar-refractivity contribution is 6.01. The van der Waals surface area contributed by atoms with Crippen LogP contribution in [0.1, 0.15) is 0 Å². The first-order valence-corrected chi connectivity index (χ1v) is 3.73. The quantitative estimate of drug-likeness (QED) is 0.573. The SMILES string of the molecule is Nc1[c]ccc2cccc(N)c12. The Kier molecular flexibility index (Phi) is 1.40. The largest absolute Gasteiger partial charge is 0.398 e. The Morgan fingerprint density at radius 3 is 2.67 bits per heavy atom. The molecule has 2 nitrogen and oxygen atoms in total. The molecular weight excluding hydrogens is 148 g/mol. The smallest absolute Gasteiger partial charge is 0.0495 e. The minimum absolute atomic E-state index is 0.616. The van der Waals surface area contributed by atoms with Crippen LogP contribution < -0.4 is 11.5 Å². The predicted molar refractivity (Wildman–Crippen MR) is 51.6 cm³/mol. The fourth-order valence-electron chi connectivity index (χ4n) is 1.33. The fraction of sp³-hybridized carbons (Fsp3) is 0. The van der Waals surface area contributed by atoms with E-state index in [1.54, 1.807) is 6.07 Å². The topological polar surface area (TPSA) is 52.0 Å². The van der Waals surface area contributed by atoms with Gasteiger partial charge in [0.1, 0.15) is 0 Å². The van der Waals surface area contributed by atoms with Crippen LogP contribution in [0.3, 0.4) is 0 Å². The lowest BCUT2D eigenvalue weighted by atomic mass is 10.1. The summed E-state index contributed by atoms with van der Waals surface area (Å²) < 4.78 is 0. The maximum absolute atomic E-state index is 5.76. The van der Waals surface area contributed by atoms with Crippen molar-refractivity contribution in [2.45, 2.75) is 0 Å². The summed E-state index contributed by atoms with van der Waals surface area (Å²) in [5, 5.41) is 1.96. The summed E-state index contributed by atoms with van der Waals surface area (Å²) >= 11 is 0. The van der Waals surface area contributed by atoms with Gasteiger partial charge < -0.3 is 11.5 Å². The molecule has 0 atom stereocenters. The zero-order valence-electron chi connectivity index (χ0n) is 6.54. The second kappa shape index (κ2) is 2.41. The first-order chi connectivity index (χ1) is 5.79. The van der Waals surface area contributed by atoms with E-state index in [0.717, 1.165) is 10.8 Å². The number of anilines is 2. The van der Waals surface area contributed by atoms with Crippen molar-refractivity contribution < 1.29 is 0 Å². The van der Waals surface area contributed by atoms with E-state index in [9.17, 15) is 0 Å². The van der Waals surface area contributed by atoms with E-state index in [1.807, 2.05) is 24.3 Å². The molecule has 0 saturated carbocycles. The number of hydrogen-bond acceptors (Lipinski definition) is 2. The molecule has 59 valence electrons. The van der Waals surface area contributed by atoms with Gasteiger partial charge in [-0.15, -0.1) is 0 Å². The molecule has 0 spiro atoms. The fourth-order valence-corrected chi connectivity index (χ4v) is 1.33. The van der Waals surface area contributed by atoms with Crippen LogP contribution in [0.4, 0.5) is 11.4 Å². The van der Waals surface area contributed by atoms with Crippen molar-refractivity contribution in [1.29, 1.82) is 0 Å². The van der Waals surface area contributed by atoms with Gasteiger partial charge >= 0.3 is 0 Å². The first-order valence-electron chi connectivity index (χ1n) is 3.73. The highest BCUT2D eigenvalue weighted by Crippen LogP contribution is 2.25. The molecule has 0 aliphatic rings. The zero-order chi connectivity index (χ0) is 8.55. The second-order valence-electron chi connectivity index (χ2n) is 2.70. The van der Waals surface area contributed by atoms with E-state index >= 15 is 0 Å². The summed E-state index contributed by atoms with van der Waals surface area (Å²) in [6.45, 7) is 0. The van der Waals surface area contributed by atoms with Gasteiger partial charge in [0.2, 0.25) is 0 Å². The van der Waals surface area contributed by atoms with Crippen LogP contribution in [0.15, 0.2) is 30.3 Å². The van der Waals surface area contributed by atoms with Gasteiger partial charge in [0, 0.05) is 22.8 Å². The molecule has 0 aliphatic carbocycles. The van der Waals surface area contributed by atoms with E-state index in [1.165, 1.54) is 0 Å². The molecule has 0 saturated heterocycles. The average molecular weight is 157 g/mol. The third kappa shape index (κ3) is 0.889. The average Bonchev–Trinajstić information content (AvgIpc) is 2.04. The van der Waals surface area contributed by atoms with Crippen molar-refractivity contribution in [1.82, 2.24) is 0 Å². The first kappa shape index (κ1) is 6.98. The Balaban J connectivity index is 2.96. The van der Waals surface area contributed by atoms with Gasteiger partial charge in [0.15, 0.2) is 0 Å². The minimum Gasteiger partial charge on any atom is -0.398 e. The van der Waals surface area contributed by atoms with Crippen LogP contribution in [0.25, 0.3) is 10.8 Å². The third-order valence-corrected chi connectivity index (χ3v) is 1.90. The molecule has 0 aromatic heterocycles. The Labute approximate surface area is 70.8 Å². The van der Waals surface area contributed by atoms with Crippen LogP contribution in [-0.2, 0) is 0 Å². The molecule has 0 bridgehead atoms. The maximum atomic E-state index is 5.76. The number of rotatable bonds is 0. The van der Waals surface area contributed by atoms with Crippen molar-refractivity contribution in [3.8, 4) is 0 Å². The number of fused-ring (bicyclic) bond motifs is 1. The van der Waals surface area contributed by atoms with Crippen molar-refractivity contribution >= 4 is 22.1 Å². The Hall–Kier alpha value is -1.70. The van der Waals surface area contributed by atoms with Crippen LogP contribution >= 0.6 is 0 Å². The summed E-state index contributed by atoms with van der Waals surface area (Å²) in [5.41, 5.74) is 12.8. The van der Waals surface area contributed by atoms with E-state index < -0.39 is 0 Å². The Morgan fingerprint density at radius 2 is 1.92 bits per heavy atom. The molecule has 0 amide bonds.